The molecule has 5 nitrogen and oxygen atoms in total. The van der Waals surface area contributed by atoms with Gasteiger partial charge in [0.15, 0.2) is 0 Å². The van der Waals surface area contributed by atoms with Crippen molar-refractivity contribution >= 4 is 23.6 Å². The van der Waals surface area contributed by atoms with Gasteiger partial charge in [-0.15, -0.1) is 0 Å². The number of amides is 1. The monoisotopic (exact) mass is 370 g/mol. The van der Waals surface area contributed by atoms with Crippen molar-refractivity contribution in [3.63, 3.8) is 0 Å². The van der Waals surface area contributed by atoms with Gasteiger partial charge in [-0.1, -0.05) is 17.7 Å². The zero-order chi connectivity index (χ0) is 18.1. The van der Waals surface area contributed by atoms with Gasteiger partial charge in [0.1, 0.15) is 12.4 Å². The van der Waals surface area contributed by atoms with Crippen LogP contribution >= 0.6 is 11.6 Å². The number of nitrogens with zero attached hydrogens (tertiary/aromatic N) is 1. The Bertz CT molecular complexity index is 847. The van der Waals surface area contributed by atoms with E-state index in [9.17, 15) is 9.90 Å². The maximum Gasteiger partial charge on any atom is 0.251 e. The molecule has 6 heteroatoms. The smallest absolute Gasteiger partial charge is 0.251 e. The van der Waals surface area contributed by atoms with E-state index >= 15 is 0 Å². The predicted octanol–water partition coefficient (Wildman–Crippen LogP) is 3.14. The molecule has 1 aromatic carbocycles. The number of halogens is 1. The standard InChI is InChI=1S/C20H19ClN2O3/c21-15-4-5-18-12(8-15)7-14(11-26-18)20(25)23-19(13-9-16(24)10-13)17-3-1-2-6-22-17/h1-8,13,16,19,24H,9-11H2,(H,23,25)/t13?,16?,19-/m1/s1. The molecule has 1 atom stereocenters. The third-order valence-electron chi connectivity index (χ3n) is 4.89. The van der Waals surface area contributed by atoms with Gasteiger partial charge >= 0.3 is 0 Å². The molecule has 1 aliphatic heterocycles. The average molecular weight is 371 g/mol. The second kappa shape index (κ2) is 7.09. The number of carbonyl (C=O) groups excluding carboxylic acids is 1. The number of hydrogen-bond donors (Lipinski definition) is 2. The number of aliphatic hydroxyl groups is 1. The van der Waals surface area contributed by atoms with Crippen LogP contribution in [0.4, 0.5) is 0 Å². The molecule has 2 N–H and O–H groups in total. The summed E-state index contributed by atoms with van der Waals surface area (Å²) in [6, 6.07) is 10.8. The van der Waals surface area contributed by atoms with E-state index in [1.807, 2.05) is 24.3 Å². The van der Waals surface area contributed by atoms with Crippen LogP contribution < -0.4 is 10.1 Å². The summed E-state index contributed by atoms with van der Waals surface area (Å²) in [7, 11) is 0. The zero-order valence-corrected chi connectivity index (χ0v) is 14.8. The average Bonchev–Trinajstić information content (AvgIpc) is 2.63. The fourth-order valence-corrected chi connectivity index (χ4v) is 3.59. The van der Waals surface area contributed by atoms with E-state index < -0.39 is 0 Å². The third-order valence-corrected chi connectivity index (χ3v) is 5.13. The number of fused-ring (bicyclic) bond motifs is 1. The minimum atomic E-state index is -0.297. The lowest BCUT2D eigenvalue weighted by Gasteiger charge is -2.38. The maximum atomic E-state index is 12.8. The summed E-state index contributed by atoms with van der Waals surface area (Å²) in [6.07, 6.45) is 4.55. The number of carbonyl (C=O) groups is 1. The largest absolute Gasteiger partial charge is 0.488 e. The molecule has 2 heterocycles. The van der Waals surface area contributed by atoms with Gasteiger partial charge in [-0.25, -0.2) is 0 Å². The molecule has 2 aliphatic rings. The summed E-state index contributed by atoms with van der Waals surface area (Å²) < 4.78 is 5.67. The lowest BCUT2D eigenvalue weighted by molar-refractivity contribution is -0.119. The number of nitrogens with one attached hydrogen (secondary N) is 1. The van der Waals surface area contributed by atoms with Crippen LogP contribution in [-0.4, -0.2) is 28.7 Å². The van der Waals surface area contributed by atoms with E-state index in [1.165, 1.54) is 0 Å². The number of aromatic nitrogens is 1. The molecule has 26 heavy (non-hydrogen) atoms. The topological polar surface area (TPSA) is 71.5 Å². The normalized spacial score (nSPS) is 22.3. The summed E-state index contributed by atoms with van der Waals surface area (Å²) >= 11 is 6.03. The van der Waals surface area contributed by atoms with E-state index in [4.69, 9.17) is 16.3 Å². The first-order chi connectivity index (χ1) is 12.6. The third kappa shape index (κ3) is 3.45. The number of ether oxygens (including phenoxy) is 1. The van der Waals surface area contributed by atoms with Gasteiger partial charge in [0.25, 0.3) is 5.91 Å². The van der Waals surface area contributed by atoms with E-state index in [0.29, 0.717) is 29.2 Å². The Morgan fingerprint density at radius 2 is 2.15 bits per heavy atom. The Morgan fingerprint density at radius 1 is 1.31 bits per heavy atom. The molecule has 1 fully saturated rings. The SMILES string of the molecule is O=C(N[C@@H](c1ccccn1)C1CC(O)C1)C1=Cc2cc(Cl)ccc2OC1. The van der Waals surface area contributed by atoms with E-state index in [0.717, 1.165) is 11.3 Å². The summed E-state index contributed by atoms with van der Waals surface area (Å²) in [5.41, 5.74) is 2.14. The summed E-state index contributed by atoms with van der Waals surface area (Å²) in [5, 5.41) is 13.3. The van der Waals surface area contributed by atoms with E-state index in [1.54, 1.807) is 24.4 Å². The van der Waals surface area contributed by atoms with Crippen molar-refractivity contribution in [3.8, 4) is 5.75 Å². The quantitative estimate of drug-likeness (QED) is 0.867. The first-order valence-electron chi connectivity index (χ1n) is 8.63. The number of benzene rings is 1. The second-order valence-corrected chi connectivity index (χ2v) is 7.17. The molecular weight excluding hydrogens is 352 g/mol. The van der Waals surface area contributed by atoms with Gasteiger partial charge in [-0.2, -0.15) is 0 Å². The molecular formula is C20H19ClN2O3. The minimum Gasteiger partial charge on any atom is -0.488 e. The van der Waals surface area contributed by atoms with Crippen molar-refractivity contribution in [2.75, 3.05) is 6.61 Å². The lowest BCUT2D eigenvalue weighted by atomic mass is 9.76. The Labute approximate surface area is 156 Å². The highest BCUT2D eigenvalue weighted by atomic mass is 35.5. The number of aliphatic hydroxyl groups excluding tert-OH is 1. The van der Waals surface area contributed by atoms with Gasteiger partial charge in [-0.05, 0) is 55.2 Å². The fourth-order valence-electron chi connectivity index (χ4n) is 3.41. The van der Waals surface area contributed by atoms with Gasteiger partial charge < -0.3 is 15.2 Å². The lowest BCUT2D eigenvalue weighted by Crippen LogP contribution is -2.42. The fraction of sp³-hybridized carbons (Fsp3) is 0.300. The van der Waals surface area contributed by atoms with Gasteiger partial charge in [0.2, 0.25) is 0 Å². The molecule has 134 valence electrons. The van der Waals surface area contributed by atoms with Crippen molar-refractivity contribution in [1.29, 1.82) is 0 Å². The molecule has 1 aromatic heterocycles. The van der Waals surface area contributed by atoms with Crippen LogP contribution in [0, 0.1) is 5.92 Å². The van der Waals surface area contributed by atoms with E-state index in [-0.39, 0.29) is 30.6 Å². The van der Waals surface area contributed by atoms with Crippen LogP contribution in [0.25, 0.3) is 6.08 Å². The molecule has 1 saturated carbocycles. The molecule has 0 saturated heterocycles. The van der Waals surface area contributed by atoms with Crippen molar-refractivity contribution in [2.45, 2.75) is 25.0 Å². The first kappa shape index (κ1) is 17.1. The van der Waals surface area contributed by atoms with Gasteiger partial charge in [0.05, 0.1) is 23.4 Å². The van der Waals surface area contributed by atoms with Crippen molar-refractivity contribution in [2.24, 2.45) is 5.92 Å². The number of hydrogen-bond acceptors (Lipinski definition) is 4. The van der Waals surface area contributed by atoms with Crippen LogP contribution in [-0.2, 0) is 4.79 Å². The van der Waals surface area contributed by atoms with Crippen LogP contribution in [0.1, 0.15) is 30.1 Å². The van der Waals surface area contributed by atoms with Gasteiger partial charge in [-0.3, -0.25) is 9.78 Å². The van der Waals surface area contributed by atoms with Crippen molar-refractivity contribution in [3.05, 3.63) is 64.4 Å². The van der Waals surface area contributed by atoms with E-state index in [2.05, 4.69) is 10.3 Å². The molecule has 0 radical (unpaired) electrons. The summed E-state index contributed by atoms with van der Waals surface area (Å²) in [6.45, 7) is 0.211. The Morgan fingerprint density at radius 3 is 2.88 bits per heavy atom. The minimum absolute atomic E-state index is 0.177. The molecule has 0 unspecified atom stereocenters. The summed E-state index contributed by atoms with van der Waals surface area (Å²) in [5.74, 6) is 0.706. The second-order valence-electron chi connectivity index (χ2n) is 6.73. The molecule has 0 bridgehead atoms. The Hall–Kier alpha value is -2.37. The zero-order valence-electron chi connectivity index (χ0n) is 14.1. The highest BCUT2D eigenvalue weighted by Gasteiger charge is 2.36. The Balaban J connectivity index is 1.55. The Kier molecular flexibility index (Phi) is 4.66. The highest BCUT2D eigenvalue weighted by molar-refractivity contribution is 6.30. The van der Waals surface area contributed by atoms with Crippen molar-refractivity contribution < 1.29 is 14.6 Å². The molecule has 2 aromatic rings. The molecule has 0 spiro atoms. The van der Waals surface area contributed by atoms with Crippen LogP contribution in [0.2, 0.25) is 5.02 Å². The predicted molar refractivity (Wildman–Crippen MR) is 98.8 cm³/mol. The van der Waals surface area contributed by atoms with Crippen LogP contribution in [0.3, 0.4) is 0 Å². The van der Waals surface area contributed by atoms with Gasteiger partial charge in [0, 0.05) is 16.8 Å². The molecule has 1 amide bonds. The summed E-state index contributed by atoms with van der Waals surface area (Å²) in [4.78, 5) is 17.2. The first-order valence-corrected chi connectivity index (χ1v) is 9.01. The maximum absolute atomic E-state index is 12.8. The molecule has 1 aliphatic carbocycles. The number of pyridine rings is 1. The number of rotatable bonds is 4. The van der Waals surface area contributed by atoms with Crippen LogP contribution in [0.5, 0.6) is 5.75 Å². The highest BCUT2D eigenvalue weighted by Crippen LogP contribution is 2.38. The van der Waals surface area contributed by atoms with Crippen LogP contribution in [0.15, 0.2) is 48.2 Å². The van der Waals surface area contributed by atoms with Crippen molar-refractivity contribution in [1.82, 2.24) is 10.3 Å². The molecule has 4 rings (SSSR count).